The van der Waals surface area contributed by atoms with Crippen molar-refractivity contribution >= 4 is 5.91 Å². The summed E-state index contributed by atoms with van der Waals surface area (Å²) >= 11 is 0. The Morgan fingerprint density at radius 3 is 2.36 bits per heavy atom. The van der Waals surface area contributed by atoms with Crippen molar-refractivity contribution in [2.75, 3.05) is 20.2 Å². The van der Waals surface area contributed by atoms with Gasteiger partial charge in [-0.3, -0.25) is 4.79 Å². The molecule has 1 aliphatic rings. The van der Waals surface area contributed by atoms with Crippen LogP contribution in [0.3, 0.4) is 0 Å². The van der Waals surface area contributed by atoms with Gasteiger partial charge >= 0.3 is 0 Å². The Bertz CT molecular complexity index is 940. The van der Waals surface area contributed by atoms with Crippen LogP contribution in [0.4, 0.5) is 0 Å². The fourth-order valence-corrected chi connectivity index (χ4v) is 3.58. The van der Waals surface area contributed by atoms with Crippen molar-refractivity contribution in [3.05, 3.63) is 66.4 Å². The molecule has 3 aromatic rings. The molecule has 2 heterocycles. The number of para-hydroxylation sites is 1. The number of hydrogen-bond acceptors (Lipinski definition) is 3. The lowest BCUT2D eigenvalue weighted by Gasteiger charge is -2.30. The average Bonchev–Trinajstić information content (AvgIpc) is 3.20. The minimum absolute atomic E-state index is 0.0445. The third-order valence-corrected chi connectivity index (χ3v) is 5.39. The molecule has 5 nitrogen and oxygen atoms in total. The summed E-state index contributed by atoms with van der Waals surface area (Å²) < 4.78 is 7.01. The van der Waals surface area contributed by atoms with Crippen molar-refractivity contribution < 1.29 is 9.53 Å². The number of methoxy groups -OCH3 is 1. The summed E-state index contributed by atoms with van der Waals surface area (Å²) in [5, 5.41) is 4.77. The van der Waals surface area contributed by atoms with Gasteiger partial charge in [-0.1, -0.05) is 25.1 Å². The van der Waals surface area contributed by atoms with E-state index in [-0.39, 0.29) is 5.91 Å². The number of hydrogen-bond donors (Lipinski definition) is 0. The van der Waals surface area contributed by atoms with Crippen molar-refractivity contribution in [2.24, 2.45) is 5.92 Å². The van der Waals surface area contributed by atoms with E-state index in [1.54, 1.807) is 11.8 Å². The monoisotopic (exact) mass is 375 g/mol. The van der Waals surface area contributed by atoms with E-state index >= 15 is 0 Å². The molecule has 28 heavy (non-hydrogen) atoms. The van der Waals surface area contributed by atoms with Crippen molar-refractivity contribution in [3.8, 4) is 22.7 Å². The molecule has 0 radical (unpaired) electrons. The number of benzene rings is 2. The van der Waals surface area contributed by atoms with Gasteiger partial charge in [0.25, 0.3) is 5.91 Å². The molecule has 0 unspecified atom stereocenters. The van der Waals surface area contributed by atoms with E-state index in [2.05, 4.69) is 6.92 Å². The highest BCUT2D eigenvalue weighted by atomic mass is 16.5. The van der Waals surface area contributed by atoms with E-state index in [0.29, 0.717) is 11.6 Å². The zero-order chi connectivity index (χ0) is 19.5. The zero-order valence-corrected chi connectivity index (χ0v) is 16.3. The molecule has 2 aromatic carbocycles. The zero-order valence-electron chi connectivity index (χ0n) is 16.3. The Morgan fingerprint density at radius 1 is 1.04 bits per heavy atom. The number of aromatic nitrogens is 2. The number of nitrogens with zero attached hydrogens (tertiary/aromatic N) is 3. The fraction of sp³-hybridized carbons (Fsp3) is 0.304. The van der Waals surface area contributed by atoms with E-state index in [0.717, 1.165) is 48.6 Å². The van der Waals surface area contributed by atoms with Gasteiger partial charge in [0.15, 0.2) is 0 Å². The number of carbonyl (C=O) groups excluding carboxylic acids is 1. The quantitative estimate of drug-likeness (QED) is 0.678. The number of likely N-dealkylation sites (tertiary alicyclic amines) is 1. The second-order valence-corrected chi connectivity index (χ2v) is 7.37. The Hall–Kier alpha value is -3.08. The van der Waals surface area contributed by atoms with Crippen molar-refractivity contribution in [2.45, 2.75) is 19.8 Å². The number of piperidine rings is 1. The van der Waals surface area contributed by atoms with Crippen LogP contribution >= 0.6 is 0 Å². The summed E-state index contributed by atoms with van der Waals surface area (Å²) in [6.45, 7) is 3.85. The van der Waals surface area contributed by atoms with Gasteiger partial charge in [-0.2, -0.15) is 5.10 Å². The molecule has 1 aromatic heterocycles. The highest BCUT2D eigenvalue weighted by molar-refractivity contribution is 5.94. The first kappa shape index (κ1) is 18.3. The van der Waals surface area contributed by atoms with E-state index in [9.17, 15) is 4.79 Å². The predicted molar refractivity (Wildman–Crippen MR) is 110 cm³/mol. The minimum atomic E-state index is 0.0445. The predicted octanol–water partition coefficient (Wildman–Crippen LogP) is 4.42. The molecule has 0 saturated carbocycles. The lowest BCUT2D eigenvalue weighted by Crippen LogP contribution is -2.38. The molecule has 1 saturated heterocycles. The van der Waals surface area contributed by atoms with Gasteiger partial charge in [-0.25, -0.2) is 4.68 Å². The largest absolute Gasteiger partial charge is 0.497 e. The molecule has 0 N–H and O–H groups in total. The van der Waals surface area contributed by atoms with Crippen molar-refractivity contribution in [1.82, 2.24) is 14.7 Å². The van der Waals surface area contributed by atoms with Crippen LogP contribution in [0, 0.1) is 5.92 Å². The molecule has 0 aliphatic carbocycles. The molecular weight excluding hydrogens is 350 g/mol. The maximum atomic E-state index is 13.3. The fourth-order valence-electron chi connectivity index (χ4n) is 3.58. The maximum absolute atomic E-state index is 13.3. The van der Waals surface area contributed by atoms with Crippen LogP contribution in [-0.2, 0) is 0 Å². The molecule has 1 aliphatic heterocycles. The lowest BCUT2D eigenvalue weighted by molar-refractivity contribution is 0.0688. The molecule has 0 atom stereocenters. The third-order valence-electron chi connectivity index (χ3n) is 5.39. The normalized spacial score (nSPS) is 14.9. The SMILES string of the molecule is COc1ccc(-c2cc(C(=O)N3CCC(C)CC3)n(-c3ccccc3)n2)cc1. The molecule has 4 rings (SSSR count). The second kappa shape index (κ2) is 7.89. The molecular formula is C23H25N3O2. The lowest BCUT2D eigenvalue weighted by atomic mass is 9.99. The Kier molecular flexibility index (Phi) is 5.15. The van der Waals surface area contributed by atoms with Crippen LogP contribution in [0.1, 0.15) is 30.3 Å². The van der Waals surface area contributed by atoms with Crippen LogP contribution in [-0.4, -0.2) is 40.8 Å². The van der Waals surface area contributed by atoms with E-state index in [4.69, 9.17) is 9.84 Å². The van der Waals surface area contributed by atoms with Crippen LogP contribution in [0.15, 0.2) is 60.7 Å². The molecule has 5 heteroatoms. The van der Waals surface area contributed by atoms with Gasteiger partial charge in [0, 0.05) is 18.7 Å². The summed E-state index contributed by atoms with van der Waals surface area (Å²) in [6.07, 6.45) is 2.10. The van der Waals surface area contributed by atoms with Crippen molar-refractivity contribution in [3.63, 3.8) is 0 Å². The summed E-state index contributed by atoms with van der Waals surface area (Å²) in [5.74, 6) is 1.52. The highest BCUT2D eigenvalue weighted by Crippen LogP contribution is 2.26. The first-order chi connectivity index (χ1) is 13.7. The van der Waals surface area contributed by atoms with Crippen LogP contribution in [0.25, 0.3) is 16.9 Å². The standard InChI is InChI=1S/C23H25N3O2/c1-17-12-14-25(15-13-17)23(27)22-16-21(18-8-10-20(28-2)11-9-18)24-26(22)19-6-4-3-5-7-19/h3-11,16-17H,12-15H2,1-2H3. The van der Waals surface area contributed by atoms with Gasteiger partial charge in [-0.15, -0.1) is 0 Å². The molecule has 0 spiro atoms. The molecule has 1 fully saturated rings. The van der Waals surface area contributed by atoms with Crippen LogP contribution < -0.4 is 4.74 Å². The maximum Gasteiger partial charge on any atom is 0.272 e. The molecule has 1 amide bonds. The van der Waals surface area contributed by atoms with E-state index < -0.39 is 0 Å². The smallest absolute Gasteiger partial charge is 0.272 e. The van der Waals surface area contributed by atoms with Gasteiger partial charge in [-0.05, 0) is 61.2 Å². The summed E-state index contributed by atoms with van der Waals surface area (Å²) in [4.78, 5) is 15.2. The number of ether oxygens (including phenoxy) is 1. The van der Waals surface area contributed by atoms with Crippen LogP contribution in [0.2, 0.25) is 0 Å². The van der Waals surface area contributed by atoms with Gasteiger partial charge in [0.1, 0.15) is 11.4 Å². The number of carbonyl (C=O) groups is 1. The average molecular weight is 375 g/mol. The molecule has 144 valence electrons. The number of amides is 1. The summed E-state index contributed by atoms with van der Waals surface area (Å²) in [7, 11) is 1.65. The van der Waals surface area contributed by atoms with E-state index in [1.807, 2.05) is 65.6 Å². The number of rotatable bonds is 4. The summed E-state index contributed by atoms with van der Waals surface area (Å²) in [5.41, 5.74) is 3.22. The first-order valence-electron chi connectivity index (χ1n) is 9.75. The van der Waals surface area contributed by atoms with Crippen molar-refractivity contribution in [1.29, 1.82) is 0 Å². The Labute approximate surface area is 165 Å². The third kappa shape index (κ3) is 3.65. The minimum Gasteiger partial charge on any atom is -0.497 e. The Morgan fingerprint density at radius 2 is 1.71 bits per heavy atom. The first-order valence-corrected chi connectivity index (χ1v) is 9.75. The summed E-state index contributed by atoms with van der Waals surface area (Å²) in [6, 6.07) is 19.5. The van der Waals surface area contributed by atoms with Gasteiger partial charge in [0.05, 0.1) is 18.5 Å². The Balaban J connectivity index is 1.73. The van der Waals surface area contributed by atoms with Crippen LogP contribution in [0.5, 0.6) is 5.75 Å². The second-order valence-electron chi connectivity index (χ2n) is 7.37. The highest BCUT2D eigenvalue weighted by Gasteiger charge is 2.25. The van der Waals surface area contributed by atoms with Gasteiger partial charge in [0.2, 0.25) is 0 Å². The van der Waals surface area contributed by atoms with E-state index in [1.165, 1.54) is 0 Å². The van der Waals surface area contributed by atoms with Gasteiger partial charge < -0.3 is 9.64 Å². The molecule has 0 bridgehead atoms. The topological polar surface area (TPSA) is 47.4 Å².